The average Bonchev–Trinajstić information content (AvgIpc) is 1.83. The third kappa shape index (κ3) is 16.5. The number of aryl methyl sites for hydroxylation is 2. The van der Waals surface area contributed by atoms with E-state index in [1.807, 2.05) is 94.7 Å². The van der Waals surface area contributed by atoms with Gasteiger partial charge >= 0.3 is 11.9 Å². The maximum absolute atomic E-state index is 14.4. The van der Waals surface area contributed by atoms with Gasteiger partial charge in [0.05, 0.1) is 74.5 Å². The van der Waals surface area contributed by atoms with Crippen LogP contribution in [-0.2, 0) is 38.6 Å². The van der Waals surface area contributed by atoms with Gasteiger partial charge in [0.2, 0.25) is 36.9 Å². The topological polar surface area (TPSA) is 204 Å². The fourth-order valence-electron chi connectivity index (χ4n) is 12.9. The lowest BCUT2D eigenvalue weighted by Crippen LogP contribution is -2.44. The summed E-state index contributed by atoms with van der Waals surface area (Å²) in [7, 11) is 12.9. The Bertz CT molecular complexity index is 3130. The van der Waals surface area contributed by atoms with Crippen molar-refractivity contribution >= 4 is 29.4 Å². The molecule has 4 aliphatic heterocycles. The maximum atomic E-state index is 14.4. The molecule has 0 unspecified atom stereocenters. The Morgan fingerprint density at radius 3 is 1.56 bits per heavy atom. The Morgan fingerprint density at radius 1 is 0.598 bits per heavy atom. The van der Waals surface area contributed by atoms with Crippen LogP contribution in [0.2, 0.25) is 0 Å². The van der Waals surface area contributed by atoms with E-state index in [0.717, 1.165) is 107 Å². The number of anilines is 1. The van der Waals surface area contributed by atoms with Crippen LogP contribution in [0, 0.1) is 11.8 Å². The molecule has 87 heavy (non-hydrogen) atoms. The maximum Gasteiger partial charge on any atom is 0.308 e. The van der Waals surface area contributed by atoms with E-state index in [2.05, 4.69) is 57.3 Å². The Hall–Kier alpha value is -7.74. The minimum Gasteiger partial charge on any atom is -0.496 e. The summed E-state index contributed by atoms with van der Waals surface area (Å²) in [6.07, 6.45) is 7.95. The summed E-state index contributed by atoms with van der Waals surface area (Å²) in [6.45, 7) is 7.56. The number of carboxylic acid groups (broad SMARTS) is 2. The van der Waals surface area contributed by atoms with E-state index in [9.17, 15) is 29.4 Å². The number of aliphatic carboxylic acids is 2. The molecule has 3 N–H and O–H groups in total. The minimum absolute atomic E-state index is 0.0290. The molecule has 19 nitrogen and oxygen atoms in total. The van der Waals surface area contributed by atoms with Gasteiger partial charge < -0.3 is 62.8 Å². The van der Waals surface area contributed by atoms with E-state index in [0.29, 0.717) is 73.5 Å². The number of likely N-dealkylation sites (tertiary alicyclic amines) is 2. The lowest BCUT2D eigenvalue weighted by atomic mass is 9.83. The van der Waals surface area contributed by atoms with Crippen LogP contribution < -0.4 is 48.1 Å². The number of hydrogen-bond donors (Lipinski definition) is 3. The first kappa shape index (κ1) is 65.2. The number of unbranched alkanes of at least 4 members (excludes halogenated alkanes) is 2. The van der Waals surface area contributed by atoms with Gasteiger partial charge in [0.1, 0.15) is 18.0 Å². The second kappa shape index (κ2) is 30.7. The summed E-state index contributed by atoms with van der Waals surface area (Å²) < 4.78 is 45.5. The summed E-state index contributed by atoms with van der Waals surface area (Å²) in [5.41, 5.74) is 5.81. The highest BCUT2D eigenvalue weighted by atomic mass is 16.7. The zero-order chi connectivity index (χ0) is 62.2. The lowest BCUT2D eigenvalue weighted by Gasteiger charge is -2.30. The molecular formula is C68H90N5O14+. The monoisotopic (exact) mass is 1200 g/mol. The molecule has 5 aromatic carbocycles. The summed E-state index contributed by atoms with van der Waals surface area (Å²) in [6, 6.07) is 30.8. The molecule has 0 saturated carbocycles. The molecule has 0 aromatic heterocycles. The summed E-state index contributed by atoms with van der Waals surface area (Å²) in [5.74, 6) is 0.790. The zero-order valence-electron chi connectivity index (χ0n) is 52.2. The van der Waals surface area contributed by atoms with Gasteiger partial charge in [-0.25, -0.2) is 0 Å². The number of ether oxygens (including phenoxy) is 8. The van der Waals surface area contributed by atoms with E-state index < -0.39 is 23.8 Å². The van der Waals surface area contributed by atoms with E-state index in [1.165, 1.54) is 0 Å². The van der Waals surface area contributed by atoms with Crippen molar-refractivity contribution in [3.8, 4) is 46.0 Å². The van der Waals surface area contributed by atoms with Crippen molar-refractivity contribution in [2.24, 2.45) is 11.8 Å². The fourth-order valence-corrected chi connectivity index (χ4v) is 12.9. The molecule has 470 valence electrons. The number of carboxylic acids is 2. The molecule has 2 fully saturated rings. The van der Waals surface area contributed by atoms with Crippen LogP contribution in [0.15, 0.2) is 97.1 Å². The second-order valence-corrected chi connectivity index (χ2v) is 24.0. The molecule has 4 aliphatic rings. The number of quaternary nitrogens is 1. The predicted octanol–water partition coefficient (Wildman–Crippen LogP) is 9.80. The number of methoxy groups -OCH3 is 4. The average molecular weight is 1200 g/mol. The molecule has 2 saturated heterocycles. The quantitative estimate of drug-likeness (QED) is 0.0301. The number of carbonyl (C=O) groups is 4. The zero-order valence-corrected chi connectivity index (χ0v) is 52.2. The van der Waals surface area contributed by atoms with Crippen LogP contribution in [0.5, 0.6) is 46.0 Å². The largest absolute Gasteiger partial charge is 0.496 e. The second-order valence-electron chi connectivity index (χ2n) is 24.0. The number of hydrogen-bond acceptors (Lipinski definition) is 14. The summed E-state index contributed by atoms with van der Waals surface area (Å²) in [5, 5.41) is 24.2. The van der Waals surface area contributed by atoms with Gasteiger partial charge in [-0.3, -0.25) is 29.0 Å². The van der Waals surface area contributed by atoms with Crippen molar-refractivity contribution in [3.05, 3.63) is 125 Å². The van der Waals surface area contributed by atoms with Gasteiger partial charge in [-0.15, -0.1) is 0 Å². The van der Waals surface area contributed by atoms with E-state index >= 15 is 0 Å². The number of rotatable bonds is 29. The lowest BCUT2D eigenvalue weighted by molar-refractivity contribution is -0.884. The molecule has 0 aliphatic carbocycles. The molecular weight excluding hydrogens is 1110 g/mol. The molecule has 0 radical (unpaired) electrons. The van der Waals surface area contributed by atoms with Crippen LogP contribution in [0.3, 0.4) is 0 Å². The van der Waals surface area contributed by atoms with Gasteiger partial charge in [0, 0.05) is 61.3 Å². The first-order chi connectivity index (χ1) is 42.0. The molecule has 5 aromatic rings. The van der Waals surface area contributed by atoms with Crippen molar-refractivity contribution in [3.63, 3.8) is 0 Å². The smallest absolute Gasteiger partial charge is 0.308 e. The van der Waals surface area contributed by atoms with Crippen molar-refractivity contribution in [1.82, 2.24) is 15.1 Å². The van der Waals surface area contributed by atoms with Crippen molar-refractivity contribution < 1.29 is 71.8 Å². The van der Waals surface area contributed by atoms with Crippen molar-refractivity contribution in [2.45, 2.75) is 109 Å². The van der Waals surface area contributed by atoms with Gasteiger partial charge in [-0.2, -0.15) is 0 Å². The number of amides is 2. The SMILES string of the molecule is CCCCN(C(=O)CN1C[C@H](c2cc(OC)c3c(c2)OCO3)[C@@H](C(=O)O)[C@@H]1CCCc1ccccc1OC)c1cccc(C[N+](C)(C)C)c1.CCCCNC(=O)CN1C[C@H](c2cc(OC)c3c(c2)OCO3)[C@@H](C(=O)O)[C@@H]1CCCc1ccccc1OC. The van der Waals surface area contributed by atoms with E-state index in [-0.39, 0.29) is 62.4 Å². The Morgan fingerprint density at radius 2 is 1.09 bits per heavy atom. The molecule has 0 bridgehead atoms. The van der Waals surface area contributed by atoms with Gasteiger partial charge in [0.25, 0.3) is 0 Å². The third-order valence-corrected chi connectivity index (χ3v) is 17.0. The number of nitrogens with one attached hydrogen (secondary N) is 1. The first-order valence-electron chi connectivity index (χ1n) is 30.6. The van der Waals surface area contributed by atoms with Crippen LogP contribution >= 0.6 is 0 Å². The van der Waals surface area contributed by atoms with Crippen LogP contribution in [0.1, 0.15) is 105 Å². The highest BCUT2D eigenvalue weighted by molar-refractivity contribution is 5.95. The Labute approximate surface area is 512 Å². The van der Waals surface area contributed by atoms with Gasteiger partial charge in [0.15, 0.2) is 23.0 Å². The standard InChI is InChI=1S/C39H51N3O7.C29H38N2O7/c1-7-8-19-41(30-16-11-13-27(20-30)25-42(2,3)4)36(43)24-40-23-31(29-21-34(47-6)38-35(22-29)48-26-49-38)37(39(44)45)32(40)17-12-15-28-14-9-10-18-33(28)46-5;1-4-5-13-30-26(32)17-31-16-21(20-14-24(36-3)28-25(15-20)37-18-38-28)27(29(33)34)22(31)11-8-10-19-9-6-7-12-23(19)35-2/h9-11,13-14,16,18,20-22,31-32,37H,7-8,12,15,17,19,23-26H2,1-6H3;6-7,9,12,14-15,21-22,27H,4-5,8,10-11,13,16-18H2,1-3H3,(H,30,32)(H,33,34)/p+1/t31-,32+,37-;21-,22+,27-/m11/s1. The third-order valence-electron chi connectivity index (χ3n) is 17.0. The van der Waals surface area contributed by atoms with Crippen molar-refractivity contribution in [2.75, 3.05) is 107 Å². The first-order valence-corrected chi connectivity index (χ1v) is 30.6. The Balaban J connectivity index is 0.000000233. The number of nitrogens with zero attached hydrogens (tertiary/aromatic N) is 4. The number of para-hydroxylation sites is 2. The van der Waals surface area contributed by atoms with Crippen LogP contribution in [0.25, 0.3) is 0 Å². The minimum atomic E-state index is -0.880. The molecule has 4 heterocycles. The highest BCUT2D eigenvalue weighted by Crippen LogP contribution is 2.49. The predicted molar refractivity (Wildman–Crippen MR) is 332 cm³/mol. The molecule has 0 spiro atoms. The van der Waals surface area contributed by atoms with E-state index in [1.54, 1.807) is 28.4 Å². The highest BCUT2D eigenvalue weighted by Gasteiger charge is 2.49. The van der Waals surface area contributed by atoms with Gasteiger partial charge in [-0.05, 0) is 122 Å². The normalized spacial score (nSPS) is 19.5. The summed E-state index contributed by atoms with van der Waals surface area (Å²) >= 11 is 0. The molecule has 9 rings (SSSR count). The van der Waals surface area contributed by atoms with Crippen LogP contribution in [-0.4, -0.2) is 163 Å². The fraction of sp³-hybridized carbons (Fsp3) is 0.500. The number of benzene rings is 5. The molecule has 6 atom stereocenters. The van der Waals surface area contributed by atoms with E-state index in [4.69, 9.17) is 37.9 Å². The number of fused-ring (bicyclic) bond motifs is 2. The summed E-state index contributed by atoms with van der Waals surface area (Å²) in [4.78, 5) is 59.1. The van der Waals surface area contributed by atoms with Crippen molar-refractivity contribution in [1.29, 1.82) is 0 Å². The van der Waals surface area contributed by atoms with Gasteiger partial charge in [-0.1, -0.05) is 75.2 Å². The van der Waals surface area contributed by atoms with Crippen LogP contribution in [0.4, 0.5) is 5.69 Å². The number of carbonyl (C=O) groups excluding carboxylic acids is 2. The molecule has 2 amide bonds. The molecule has 19 heteroatoms. The Kier molecular flexibility index (Phi) is 23.1.